The van der Waals surface area contributed by atoms with Crippen molar-refractivity contribution in [2.75, 3.05) is 4.90 Å². The monoisotopic (exact) mass is 837 g/mol. The summed E-state index contributed by atoms with van der Waals surface area (Å²) in [6, 6.07) is 86.5. The van der Waals surface area contributed by atoms with E-state index in [0.717, 1.165) is 50.1 Å². The van der Waals surface area contributed by atoms with Crippen LogP contribution in [0.1, 0.15) is 0 Å². The van der Waals surface area contributed by atoms with Gasteiger partial charge in [-0.15, -0.1) is 0 Å². The van der Waals surface area contributed by atoms with E-state index in [2.05, 4.69) is 241 Å². The smallest absolute Gasteiger partial charge is 0.143 e. The topological polar surface area (TPSA) is 16.4 Å². The van der Waals surface area contributed by atoms with E-state index in [9.17, 15) is 0 Å². The summed E-state index contributed by atoms with van der Waals surface area (Å²) in [5.74, 6) is 0. The molecule has 0 aliphatic rings. The van der Waals surface area contributed by atoms with Crippen LogP contribution in [-0.4, -0.2) is 0 Å². The number of rotatable bonds is 5. The minimum atomic E-state index is 0.859. The summed E-state index contributed by atoms with van der Waals surface area (Å²) in [5, 5.41) is 19.6. The van der Waals surface area contributed by atoms with Crippen LogP contribution in [0.25, 0.3) is 120 Å². The molecule has 0 amide bonds. The van der Waals surface area contributed by atoms with Crippen LogP contribution in [0.3, 0.4) is 0 Å². The second-order valence-electron chi connectivity index (χ2n) is 17.6. The highest BCUT2D eigenvalue weighted by Gasteiger charge is 2.21. The summed E-state index contributed by atoms with van der Waals surface area (Å²) in [7, 11) is 0. The van der Waals surface area contributed by atoms with Crippen molar-refractivity contribution < 1.29 is 4.42 Å². The van der Waals surface area contributed by atoms with Crippen molar-refractivity contribution in [1.29, 1.82) is 0 Å². The highest BCUT2D eigenvalue weighted by atomic mass is 16.3. The molecule has 14 rings (SSSR count). The van der Waals surface area contributed by atoms with Gasteiger partial charge in [-0.25, -0.2) is 0 Å². The molecule has 0 unspecified atom stereocenters. The predicted molar refractivity (Wildman–Crippen MR) is 282 cm³/mol. The lowest BCUT2D eigenvalue weighted by Crippen LogP contribution is -2.10. The van der Waals surface area contributed by atoms with Gasteiger partial charge in [-0.2, -0.15) is 0 Å². The third kappa shape index (κ3) is 5.55. The minimum Gasteiger partial charge on any atom is -0.455 e. The molecule has 0 atom stereocenters. The van der Waals surface area contributed by atoms with E-state index in [1.54, 1.807) is 0 Å². The average Bonchev–Trinajstić information content (AvgIpc) is 3.75. The van der Waals surface area contributed by atoms with Crippen molar-refractivity contribution in [3.05, 3.63) is 237 Å². The Hall–Kier alpha value is -8.72. The fourth-order valence-electron chi connectivity index (χ4n) is 11.0. The Morgan fingerprint density at radius 1 is 0.242 bits per heavy atom. The molecule has 0 saturated carbocycles. The third-order valence-corrected chi connectivity index (χ3v) is 14.0. The van der Waals surface area contributed by atoms with Gasteiger partial charge < -0.3 is 9.32 Å². The maximum atomic E-state index is 7.05. The van der Waals surface area contributed by atoms with E-state index in [1.807, 2.05) is 0 Å². The molecule has 1 heterocycles. The standard InChI is InChI=1S/C64H39NO/c1-2-14-40(15-3-1)41-26-29-44(30-27-41)65(45-31-34-57-53-23-9-7-19-49(53)51-21-11-13-25-55(51)59(57)38-45)46-32-35-62-60(39-46)61-36-42-16-4-5-17-47(42)63(64(61)66-62)43-28-33-56-52-22-8-6-18-48(52)50-20-10-12-24-54(50)58(56)37-43/h1-39H. The second-order valence-corrected chi connectivity index (χ2v) is 17.6. The molecular formula is C64H39NO. The largest absolute Gasteiger partial charge is 0.455 e. The van der Waals surface area contributed by atoms with Crippen LogP contribution in [0.5, 0.6) is 0 Å². The summed E-state index contributed by atoms with van der Waals surface area (Å²) in [4.78, 5) is 2.40. The van der Waals surface area contributed by atoms with Gasteiger partial charge in [0.15, 0.2) is 0 Å². The molecule has 0 aliphatic carbocycles. The predicted octanol–water partition coefficient (Wildman–Crippen LogP) is 18.5. The molecule has 0 N–H and O–H groups in total. The molecule has 0 fully saturated rings. The van der Waals surface area contributed by atoms with Gasteiger partial charge in [-0.05, 0) is 147 Å². The first-order valence-electron chi connectivity index (χ1n) is 22.7. The Kier molecular flexibility index (Phi) is 8.02. The third-order valence-electron chi connectivity index (χ3n) is 14.0. The molecule has 2 heteroatoms. The van der Waals surface area contributed by atoms with Crippen LogP contribution in [-0.2, 0) is 0 Å². The number of furan rings is 1. The summed E-state index contributed by atoms with van der Waals surface area (Å²) in [6.45, 7) is 0. The lowest BCUT2D eigenvalue weighted by atomic mass is 9.90. The van der Waals surface area contributed by atoms with Crippen molar-refractivity contribution in [2.45, 2.75) is 0 Å². The molecule has 0 spiro atoms. The van der Waals surface area contributed by atoms with E-state index in [1.165, 1.54) is 86.5 Å². The summed E-state index contributed by atoms with van der Waals surface area (Å²) in [6.07, 6.45) is 0. The molecule has 0 radical (unpaired) electrons. The molecule has 0 bridgehead atoms. The number of benzene rings is 13. The lowest BCUT2D eigenvalue weighted by molar-refractivity contribution is 0.670. The van der Waals surface area contributed by atoms with E-state index < -0.39 is 0 Å². The molecule has 13 aromatic carbocycles. The fraction of sp³-hybridized carbons (Fsp3) is 0. The molecule has 0 aliphatic heterocycles. The molecule has 0 saturated heterocycles. The second kappa shape index (κ2) is 14.4. The van der Waals surface area contributed by atoms with Crippen molar-refractivity contribution >= 4 is 114 Å². The molecule has 66 heavy (non-hydrogen) atoms. The van der Waals surface area contributed by atoms with Gasteiger partial charge in [0.05, 0.1) is 0 Å². The Balaban J connectivity index is 0.999. The minimum absolute atomic E-state index is 0.859. The number of hydrogen-bond acceptors (Lipinski definition) is 2. The Morgan fingerprint density at radius 3 is 1.24 bits per heavy atom. The van der Waals surface area contributed by atoms with E-state index in [4.69, 9.17) is 4.42 Å². The van der Waals surface area contributed by atoms with Gasteiger partial charge in [0.2, 0.25) is 0 Å². The zero-order valence-electron chi connectivity index (χ0n) is 35.9. The fourth-order valence-corrected chi connectivity index (χ4v) is 11.0. The normalized spacial score (nSPS) is 11.9. The number of fused-ring (bicyclic) bond motifs is 16. The van der Waals surface area contributed by atoms with Crippen LogP contribution in [0.2, 0.25) is 0 Å². The molecule has 2 nitrogen and oxygen atoms in total. The van der Waals surface area contributed by atoms with E-state index in [0.29, 0.717) is 0 Å². The first-order valence-corrected chi connectivity index (χ1v) is 22.7. The van der Waals surface area contributed by atoms with Crippen LogP contribution in [0, 0.1) is 0 Å². The van der Waals surface area contributed by atoms with Crippen molar-refractivity contribution in [1.82, 2.24) is 0 Å². The van der Waals surface area contributed by atoms with Gasteiger partial charge in [-0.3, -0.25) is 0 Å². The maximum Gasteiger partial charge on any atom is 0.143 e. The molecule has 1 aromatic heterocycles. The zero-order chi connectivity index (χ0) is 43.3. The number of hydrogen-bond donors (Lipinski definition) is 0. The van der Waals surface area contributed by atoms with Gasteiger partial charge in [0.25, 0.3) is 0 Å². The SMILES string of the molecule is c1ccc(-c2ccc(N(c3ccc4oc5c(-c6ccc7c8ccccc8c8ccccc8c7c6)c6ccccc6cc5c4c3)c3ccc4c5ccccc5c5ccccc5c4c3)cc2)cc1. The van der Waals surface area contributed by atoms with Crippen molar-refractivity contribution in [3.63, 3.8) is 0 Å². The first kappa shape index (κ1) is 36.7. The first-order chi connectivity index (χ1) is 32.7. The van der Waals surface area contributed by atoms with Gasteiger partial charge in [0, 0.05) is 33.4 Å². The maximum absolute atomic E-state index is 7.05. The molecular weight excluding hydrogens is 799 g/mol. The summed E-state index contributed by atoms with van der Waals surface area (Å²) >= 11 is 0. The van der Waals surface area contributed by atoms with Gasteiger partial charge in [-0.1, -0.05) is 182 Å². The summed E-state index contributed by atoms with van der Waals surface area (Å²) in [5.41, 5.74) is 9.61. The quantitative estimate of drug-likeness (QED) is 0.161. The van der Waals surface area contributed by atoms with Gasteiger partial charge in [0.1, 0.15) is 11.2 Å². The van der Waals surface area contributed by atoms with Crippen molar-refractivity contribution in [2.24, 2.45) is 0 Å². The van der Waals surface area contributed by atoms with E-state index in [-0.39, 0.29) is 0 Å². The summed E-state index contributed by atoms with van der Waals surface area (Å²) < 4.78 is 7.05. The Labute approximate surface area is 380 Å². The molecule has 14 aromatic rings. The number of anilines is 3. The van der Waals surface area contributed by atoms with Crippen LogP contribution in [0.4, 0.5) is 17.1 Å². The lowest BCUT2D eigenvalue weighted by Gasteiger charge is -2.26. The molecule has 306 valence electrons. The van der Waals surface area contributed by atoms with Crippen LogP contribution in [0.15, 0.2) is 241 Å². The Bertz CT molecular complexity index is 4210. The number of nitrogens with zero attached hydrogens (tertiary/aromatic N) is 1. The highest BCUT2D eigenvalue weighted by molar-refractivity contribution is 6.28. The van der Waals surface area contributed by atoms with Crippen molar-refractivity contribution in [3.8, 4) is 22.3 Å². The Morgan fingerprint density at radius 2 is 0.652 bits per heavy atom. The average molecular weight is 838 g/mol. The highest BCUT2D eigenvalue weighted by Crippen LogP contribution is 2.47. The van der Waals surface area contributed by atoms with Crippen LogP contribution < -0.4 is 4.90 Å². The van der Waals surface area contributed by atoms with Crippen LogP contribution >= 0.6 is 0 Å². The van der Waals surface area contributed by atoms with Gasteiger partial charge >= 0.3 is 0 Å². The zero-order valence-corrected chi connectivity index (χ0v) is 35.9. The van der Waals surface area contributed by atoms with E-state index >= 15 is 0 Å².